The van der Waals surface area contributed by atoms with Crippen molar-refractivity contribution in [3.05, 3.63) is 29.8 Å². The van der Waals surface area contributed by atoms with Crippen LogP contribution in [0.5, 0.6) is 5.75 Å². The maximum Gasteiger partial charge on any atom is 0.252 e. The Balaban J connectivity index is 2.54. The smallest absolute Gasteiger partial charge is 0.252 e. The monoisotopic (exact) mass is 246 g/mol. The molecule has 1 aromatic carbocycles. The van der Waals surface area contributed by atoms with Gasteiger partial charge in [0.1, 0.15) is 11.8 Å². The van der Waals surface area contributed by atoms with Gasteiger partial charge in [0.05, 0.1) is 12.7 Å². The zero-order valence-electron chi connectivity index (χ0n) is 10.8. The summed E-state index contributed by atoms with van der Waals surface area (Å²) in [4.78, 5) is 11.7. The molecule has 1 N–H and O–H groups in total. The predicted octanol–water partition coefficient (Wildman–Crippen LogP) is 2.51. The Labute approximate surface area is 108 Å². The van der Waals surface area contributed by atoms with Gasteiger partial charge in [-0.15, -0.1) is 0 Å². The molecule has 4 nitrogen and oxygen atoms in total. The van der Waals surface area contributed by atoms with E-state index in [-0.39, 0.29) is 5.91 Å². The standard InChI is InChI=1S/C14H18N2O2/c1-3-4-9-18-13-7-5-12(6-8-13)14(17)16-11(2)10-15/h5-8,11H,3-4,9H2,1-2H3,(H,16,17). The Morgan fingerprint density at radius 1 is 1.44 bits per heavy atom. The summed E-state index contributed by atoms with van der Waals surface area (Å²) in [5.74, 6) is 0.512. The number of unbranched alkanes of at least 4 members (excludes halogenated alkanes) is 1. The summed E-state index contributed by atoms with van der Waals surface area (Å²) in [5, 5.41) is 11.2. The van der Waals surface area contributed by atoms with Crippen LogP contribution in [0.4, 0.5) is 0 Å². The maximum atomic E-state index is 11.7. The van der Waals surface area contributed by atoms with Crippen LogP contribution < -0.4 is 10.1 Å². The van der Waals surface area contributed by atoms with E-state index in [4.69, 9.17) is 10.00 Å². The molecule has 0 aliphatic heterocycles. The van der Waals surface area contributed by atoms with Crippen molar-refractivity contribution in [3.8, 4) is 11.8 Å². The van der Waals surface area contributed by atoms with Crippen molar-refractivity contribution in [2.24, 2.45) is 0 Å². The highest BCUT2D eigenvalue weighted by molar-refractivity contribution is 5.94. The van der Waals surface area contributed by atoms with E-state index in [2.05, 4.69) is 12.2 Å². The second-order valence-electron chi connectivity index (χ2n) is 4.05. The molecule has 0 aliphatic rings. The fourth-order valence-corrected chi connectivity index (χ4v) is 1.35. The van der Waals surface area contributed by atoms with Crippen molar-refractivity contribution >= 4 is 5.91 Å². The number of carbonyl (C=O) groups is 1. The molecule has 1 rings (SSSR count). The van der Waals surface area contributed by atoms with Crippen LogP contribution in [0, 0.1) is 11.3 Å². The summed E-state index contributed by atoms with van der Waals surface area (Å²) in [7, 11) is 0. The molecule has 0 radical (unpaired) electrons. The molecule has 1 atom stereocenters. The quantitative estimate of drug-likeness (QED) is 0.784. The number of nitrogens with one attached hydrogen (secondary N) is 1. The molecule has 4 heteroatoms. The third-order valence-corrected chi connectivity index (χ3v) is 2.42. The van der Waals surface area contributed by atoms with Gasteiger partial charge in [-0.2, -0.15) is 5.26 Å². The van der Waals surface area contributed by atoms with Gasteiger partial charge in [-0.05, 0) is 37.6 Å². The predicted molar refractivity (Wildman–Crippen MR) is 69.4 cm³/mol. The fourth-order valence-electron chi connectivity index (χ4n) is 1.35. The zero-order chi connectivity index (χ0) is 13.4. The normalized spacial score (nSPS) is 11.4. The Kier molecular flexibility index (Phi) is 5.72. The van der Waals surface area contributed by atoms with Gasteiger partial charge in [0, 0.05) is 5.56 Å². The van der Waals surface area contributed by atoms with Gasteiger partial charge in [-0.3, -0.25) is 4.79 Å². The van der Waals surface area contributed by atoms with E-state index in [0.29, 0.717) is 12.2 Å². The molecule has 1 unspecified atom stereocenters. The van der Waals surface area contributed by atoms with E-state index in [1.165, 1.54) is 0 Å². The second kappa shape index (κ2) is 7.33. The summed E-state index contributed by atoms with van der Waals surface area (Å²) in [5.41, 5.74) is 0.528. The van der Waals surface area contributed by atoms with Gasteiger partial charge in [0.2, 0.25) is 0 Å². The molecule has 0 saturated heterocycles. The van der Waals surface area contributed by atoms with E-state index in [1.807, 2.05) is 6.07 Å². The highest BCUT2D eigenvalue weighted by atomic mass is 16.5. The molecule has 0 saturated carbocycles. The minimum atomic E-state index is -0.488. The maximum absolute atomic E-state index is 11.7. The lowest BCUT2D eigenvalue weighted by Crippen LogP contribution is -2.31. The van der Waals surface area contributed by atoms with Crippen LogP contribution in [0.1, 0.15) is 37.0 Å². The van der Waals surface area contributed by atoms with Crippen LogP contribution in [0.2, 0.25) is 0 Å². The molecule has 0 aromatic heterocycles. The van der Waals surface area contributed by atoms with Crippen LogP contribution in [0.3, 0.4) is 0 Å². The number of carbonyl (C=O) groups excluding carboxylic acids is 1. The molecule has 18 heavy (non-hydrogen) atoms. The molecule has 0 fully saturated rings. The summed E-state index contributed by atoms with van der Waals surface area (Å²) in [6, 6.07) is 8.39. The third-order valence-electron chi connectivity index (χ3n) is 2.42. The van der Waals surface area contributed by atoms with E-state index < -0.39 is 6.04 Å². The first-order chi connectivity index (χ1) is 8.67. The van der Waals surface area contributed by atoms with Gasteiger partial charge in [-0.25, -0.2) is 0 Å². The highest BCUT2D eigenvalue weighted by Gasteiger charge is 2.08. The second-order valence-corrected chi connectivity index (χ2v) is 4.05. The van der Waals surface area contributed by atoms with Crippen molar-refractivity contribution in [2.75, 3.05) is 6.61 Å². The van der Waals surface area contributed by atoms with Crippen molar-refractivity contribution in [1.82, 2.24) is 5.32 Å². The van der Waals surface area contributed by atoms with E-state index in [1.54, 1.807) is 31.2 Å². The Morgan fingerprint density at radius 3 is 2.67 bits per heavy atom. The van der Waals surface area contributed by atoms with Crippen LogP contribution in [-0.4, -0.2) is 18.6 Å². The lowest BCUT2D eigenvalue weighted by molar-refractivity contribution is 0.0948. The zero-order valence-corrected chi connectivity index (χ0v) is 10.8. The number of hydrogen-bond acceptors (Lipinski definition) is 3. The van der Waals surface area contributed by atoms with Crippen LogP contribution >= 0.6 is 0 Å². The number of nitriles is 1. The van der Waals surface area contributed by atoms with Crippen molar-refractivity contribution in [3.63, 3.8) is 0 Å². The van der Waals surface area contributed by atoms with Crippen LogP contribution in [0.15, 0.2) is 24.3 Å². The molecular weight excluding hydrogens is 228 g/mol. The van der Waals surface area contributed by atoms with Gasteiger partial charge in [-0.1, -0.05) is 13.3 Å². The van der Waals surface area contributed by atoms with Crippen molar-refractivity contribution < 1.29 is 9.53 Å². The average Bonchev–Trinajstić information content (AvgIpc) is 2.39. The number of benzene rings is 1. The van der Waals surface area contributed by atoms with E-state index in [9.17, 15) is 4.79 Å². The Bertz CT molecular complexity index is 420. The molecule has 0 heterocycles. The lowest BCUT2D eigenvalue weighted by Gasteiger charge is -2.08. The molecular formula is C14H18N2O2. The first-order valence-electron chi connectivity index (χ1n) is 6.10. The largest absolute Gasteiger partial charge is 0.494 e. The molecule has 0 bridgehead atoms. The van der Waals surface area contributed by atoms with Crippen molar-refractivity contribution in [2.45, 2.75) is 32.7 Å². The van der Waals surface area contributed by atoms with Crippen LogP contribution in [0.25, 0.3) is 0 Å². The first-order valence-corrected chi connectivity index (χ1v) is 6.10. The average molecular weight is 246 g/mol. The topological polar surface area (TPSA) is 62.1 Å². The first kappa shape index (κ1) is 14.0. The van der Waals surface area contributed by atoms with Gasteiger partial charge >= 0.3 is 0 Å². The van der Waals surface area contributed by atoms with E-state index >= 15 is 0 Å². The summed E-state index contributed by atoms with van der Waals surface area (Å²) < 4.78 is 5.50. The molecule has 0 aliphatic carbocycles. The fraction of sp³-hybridized carbons (Fsp3) is 0.429. The van der Waals surface area contributed by atoms with Crippen molar-refractivity contribution in [1.29, 1.82) is 5.26 Å². The summed E-state index contributed by atoms with van der Waals surface area (Å²) >= 11 is 0. The lowest BCUT2D eigenvalue weighted by atomic mass is 10.2. The Hall–Kier alpha value is -2.02. The van der Waals surface area contributed by atoms with Gasteiger partial charge in [0.15, 0.2) is 0 Å². The summed E-state index contributed by atoms with van der Waals surface area (Å²) in [6.07, 6.45) is 2.11. The minimum Gasteiger partial charge on any atom is -0.494 e. The van der Waals surface area contributed by atoms with E-state index in [0.717, 1.165) is 18.6 Å². The molecule has 1 amide bonds. The van der Waals surface area contributed by atoms with Crippen LogP contribution in [-0.2, 0) is 0 Å². The van der Waals surface area contributed by atoms with Gasteiger partial charge in [0.25, 0.3) is 5.91 Å². The summed E-state index contributed by atoms with van der Waals surface area (Å²) in [6.45, 7) is 4.43. The Morgan fingerprint density at radius 2 is 2.11 bits per heavy atom. The number of amides is 1. The SMILES string of the molecule is CCCCOc1ccc(C(=O)NC(C)C#N)cc1. The molecule has 0 spiro atoms. The third kappa shape index (κ3) is 4.46. The highest BCUT2D eigenvalue weighted by Crippen LogP contribution is 2.12. The number of nitrogens with zero attached hydrogens (tertiary/aromatic N) is 1. The molecule has 96 valence electrons. The number of ether oxygens (including phenoxy) is 1. The number of hydrogen-bond donors (Lipinski definition) is 1. The minimum absolute atomic E-state index is 0.246. The van der Waals surface area contributed by atoms with Gasteiger partial charge < -0.3 is 10.1 Å². The molecule has 1 aromatic rings. The number of rotatable bonds is 6.